The van der Waals surface area contributed by atoms with Crippen molar-refractivity contribution in [2.75, 3.05) is 6.61 Å². The Morgan fingerprint density at radius 3 is 2.23 bits per heavy atom. The first-order valence-corrected chi connectivity index (χ1v) is 14.1. The van der Waals surface area contributed by atoms with E-state index >= 15 is 0 Å². The van der Waals surface area contributed by atoms with E-state index in [-0.39, 0.29) is 30.0 Å². The monoisotopic (exact) mass is 576 g/mol. The van der Waals surface area contributed by atoms with Crippen molar-refractivity contribution in [3.8, 4) is 0 Å². The third kappa shape index (κ3) is 4.25. The SMILES string of the molecule is CC(=O)O[C@@H]1C2=C(C)[C@@H](O)C[C@@](O)([C@@H](c3ccccc3)C3[C@@](C)([C@@H](OP)C[C@H]4OC[C@@]34C)[C@H]1O)C2(C)C.O=C=O. The number of fused-ring (bicyclic) bond motifs is 5. The Labute approximate surface area is 237 Å². The van der Waals surface area contributed by atoms with Crippen molar-refractivity contribution in [1.82, 2.24) is 0 Å². The van der Waals surface area contributed by atoms with Crippen LogP contribution in [0.2, 0.25) is 0 Å². The minimum Gasteiger partial charge on any atom is -0.455 e. The summed E-state index contributed by atoms with van der Waals surface area (Å²) in [6.45, 7) is 11.7. The molecule has 2 bridgehead atoms. The van der Waals surface area contributed by atoms with E-state index in [2.05, 4.69) is 16.4 Å². The minimum absolute atomic E-state index is 0.113. The van der Waals surface area contributed by atoms with Crippen LogP contribution in [-0.2, 0) is 28.4 Å². The van der Waals surface area contributed by atoms with Crippen LogP contribution in [0.5, 0.6) is 0 Å². The van der Waals surface area contributed by atoms with Gasteiger partial charge in [0, 0.05) is 51.4 Å². The standard InChI is InChI=1S/C29H41O7P.CO2/c1-15-18(31)13-29(33)22(17-10-8-7-9-11-17)24-27(5)14-34-19(27)12-20(36-37)28(24,6)25(32)23(35-16(2)30)21(15)26(29,3)4;2-1-3/h7-11,18-20,22-25,31-33H,12-14,37H2,1-6H3;/t18-,19+,20-,22-,23+,24?,25-,27+,28+,29+;/m0./s1. The van der Waals surface area contributed by atoms with Gasteiger partial charge in [-0.15, -0.1) is 0 Å². The summed E-state index contributed by atoms with van der Waals surface area (Å²) in [5.74, 6) is -1.33. The highest BCUT2D eigenvalue weighted by molar-refractivity contribution is 7.09. The molecular weight excluding hydrogens is 535 g/mol. The first-order valence-electron chi connectivity index (χ1n) is 13.6. The summed E-state index contributed by atoms with van der Waals surface area (Å²) in [7, 11) is 2.36. The Balaban J connectivity index is 0.00000118. The predicted octanol–water partition coefficient (Wildman–Crippen LogP) is 2.94. The van der Waals surface area contributed by atoms with Gasteiger partial charge in [-0.25, -0.2) is 0 Å². The second-order valence-electron chi connectivity index (χ2n) is 12.8. The number of hydrogen-bond acceptors (Lipinski definition) is 9. The van der Waals surface area contributed by atoms with E-state index in [9.17, 15) is 20.1 Å². The van der Waals surface area contributed by atoms with E-state index in [1.807, 2.05) is 58.0 Å². The van der Waals surface area contributed by atoms with Crippen molar-refractivity contribution in [3.63, 3.8) is 0 Å². The topological polar surface area (TPSA) is 140 Å². The molecule has 0 spiro atoms. The summed E-state index contributed by atoms with van der Waals surface area (Å²) >= 11 is 0. The third-order valence-electron chi connectivity index (χ3n) is 10.7. The molecule has 3 N–H and O–H groups in total. The Hall–Kier alpha value is -1.96. The summed E-state index contributed by atoms with van der Waals surface area (Å²) in [5.41, 5.74) is -1.55. The van der Waals surface area contributed by atoms with E-state index in [1.54, 1.807) is 0 Å². The molecule has 11 atom stereocenters. The zero-order chi connectivity index (χ0) is 29.8. The molecule has 9 nitrogen and oxygen atoms in total. The van der Waals surface area contributed by atoms with E-state index in [1.165, 1.54) is 6.92 Å². The summed E-state index contributed by atoms with van der Waals surface area (Å²) in [6, 6.07) is 9.92. The van der Waals surface area contributed by atoms with Gasteiger partial charge in [-0.3, -0.25) is 4.79 Å². The third-order valence-corrected chi connectivity index (χ3v) is 11.0. The van der Waals surface area contributed by atoms with Gasteiger partial charge in [0.1, 0.15) is 6.10 Å². The van der Waals surface area contributed by atoms with Crippen molar-refractivity contribution in [2.45, 2.75) is 96.4 Å². The van der Waals surface area contributed by atoms with Gasteiger partial charge in [-0.1, -0.05) is 58.0 Å². The molecule has 1 aliphatic heterocycles. The van der Waals surface area contributed by atoms with Gasteiger partial charge in [0.05, 0.1) is 30.5 Å². The van der Waals surface area contributed by atoms with Crippen LogP contribution in [0.25, 0.3) is 0 Å². The Bertz CT molecular complexity index is 1190. The number of ether oxygens (including phenoxy) is 2. The van der Waals surface area contributed by atoms with E-state index in [4.69, 9.17) is 23.6 Å². The molecule has 5 rings (SSSR count). The molecule has 0 amide bonds. The van der Waals surface area contributed by atoms with E-state index in [0.29, 0.717) is 24.2 Å². The molecule has 2 saturated carbocycles. The Morgan fingerprint density at radius 2 is 1.73 bits per heavy atom. The lowest BCUT2D eigenvalue weighted by atomic mass is 9.39. The molecule has 2 unspecified atom stereocenters. The fraction of sp³-hybridized carbons (Fsp3) is 0.667. The average molecular weight is 577 g/mol. The van der Waals surface area contributed by atoms with Crippen molar-refractivity contribution < 1.29 is 43.7 Å². The number of carbonyl (C=O) groups is 1. The predicted molar refractivity (Wildman–Crippen MR) is 146 cm³/mol. The molecule has 40 heavy (non-hydrogen) atoms. The molecule has 4 aliphatic rings. The van der Waals surface area contributed by atoms with Gasteiger partial charge >= 0.3 is 12.1 Å². The number of aliphatic hydroxyl groups excluding tert-OH is 2. The number of aliphatic hydroxyl groups is 3. The number of benzene rings is 1. The molecule has 220 valence electrons. The van der Waals surface area contributed by atoms with Gasteiger partial charge in [0.2, 0.25) is 0 Å². The van der Waals surface area contributed by atoms with Crippen LogP contribution < -0.4 is 0 Å². The summed E-state index contributed by atoms with van der Waals surface area (Å²) in [6.07, 6.45) is -2.78. The van der Waals surface area contributed by atoms with Gasteiger partial charge in [-0.05, 0) is 29.6 Å². The number of hydrogen-bond donors (Lipinski definition) is 3. The lowest BCUT2D eigenvalue weighted by Crippen LogP contribution is -2.75. The highest BCUT2D eigenvalue weighted by atomic mass is 31.0. The van der Waals surface area contributed by atoms with Crippen LogP contribution >= 0.6 is 9.47 Å². The number of rotatable bonds is 3. The second-order valence-corrected chi connectivity index (χ2v) is 13.1. The van der Waals surface area contributed by atoms with Crippen LogP contribution in [0.4, 0.5) is 0 Å². The lowest BCUT2D eigenvalue weighted by molar-refractivity contribution is -0.316. The summed E-state index contributed by atoms with van der Waals surface area (Å²) in [4.78, 5) is 28.7. The molecule has 0 radical (unpaired) electrons. The maximum atomic E-state index is 13.0. The quantitative estimate of drug-likeness (QED) is 0.282. The fourth-order valence-electron chi connectivity index (χ4n) is 8.66. The summed E-state index contributed by atoms with van der Waals surface area (Å²) < 4.78 is 18.0. The molecule has 10 heteroatoms. The summed E-state index contributed by atoms with van der Waals surface area (Å²) in [5, 5.41) is 36.8. The van der Waals surface area contributed by atoms with Crippen LogP contribution in [0.15, 0.2) is 41.5 Å². The van der Waals surface area contributed by atoms with Crippen molar-refractivity contribution in [2.24, 2.45) is 22.2 Å². The normalized spacial score (nSPS) is 43.3. The molecular formula is C30H41O9P. The molecule has 1 aromatic rings. The molecule has 1 saturated heterocycles. The molecule has 3 aliphatic carbocycles. The highest BCUT2D eigenvalue weighted by Crippen LogP contribution is 2.70. The lowest BCUT2D eigenvalue weighted by Gasteiger charge is -2.70. The second kappa shape index (κ2) is 10.7. The number of esters is 1. The molecule has 3 fully saturated rings. The smallest absolute Gasteiger partial charge is 0.373 e. The van der Waals surface area contributed by atoms with Gasteiger partial charge < -0.3 is 29.3 Å². The minimum atomic E-state index is -1.43. The van der Waals surface area contributed by atoms with Gasteiger partial charge in [0.15, 0.2) is 6.10 Å². The first-order chi connectivity index (χ1) is 18.7. The average Bonchev–Trinajstić information content (AvgIpc) is 2.88. The molecule has 1 heterocycles. The number of carbonyl (C=O) groups excluding carboxylic acids is 3. The van der Waals surface area contributed by atoms with Crippen molar-refractivity contribution in [3.05, 3.63) is 47.0 Å². The Kier molecular flexibility index (Phi) is 8.29. The molecule has 0 aromatic heterocycles. The van der Waals surface area contributed by atoms with Crippen LogP contribution in [0, 0.1) is 22.2 Å². The maximum absolute atomic E-state index is 13.0. The maximum Gasteiger partial charge on any atom is 0.373 e. The van der Waals surface area contributed by atoms with Gasteiger partial charge in [0.25, 0.3) is 0 Å². The van der Waals surface area contributed by atoms with Gasteiger partial charge in [-0.2, -0.15) is 9.59 Å². The zero-order valence-electron chi connectivity index (χ0n) is 23.9. The largest absolute Gasteiger partial charge is 0.455 e. The molecule has 1 aromatic carbocycles. The van der Waals surface area contributed by atoms with Crippen molar-refractivity contribution in [1.29, 1.82) is 0 Å². The highest BCUT2D eigenvalue weighted by Gasteiger charge is 2.74. The Morgan fingerprint density at radius 1 is 1.12 bits per heavy atom. The van der Waals surface area contributed by atoms with Crippen molar-refractivity contribution >= 4 is 21.6 Å². The van der Waals surface area contributed by atoms with Crippen LogP contribution in [0.1, 0.15) is 65.9 Å². The van der Waals surface area contributed by atoms with E-state index < -0.39 is 52.7 Å². The fourth-order valence-corrected chi connectivity index (χ4v) is 9.07. The zero-order valence-corrected chi connectivity index (χ0v) is 25.1. The van der Waals surface area contributed by atoms with E-state index in [0.717, 1.165) is 5.56 Å². The first kappa shape index (κ1) is 31.0. The van der Waals surface area contributed by atoms with Crippen LogP contribution in [-0.4, -0.2) is 70.2 Å². The van der Waals surface area contributed by atoms with Crippen LogP contribution in [0.3, 0.4) is 0 Å².